The van der Waals surface area contributed by atoms with Crippen molar-refractivity contribution in [1.29, 1.82) is 0 Å². The number of rotatable bonds is 6. The molecule has 2 aromatic rings. The Morgan fingerprint density at radius 3 is 1.93 bits per heavy atom. The number of para-hydroxylation sites is 2. The van der Waals surface area contributed by atoms with Crippen LogP contribution in [0.4, 0.5) is 0 Å². The fourth-order valence-corrected chi connectivity index (χ4v) is 2.12. The van der Waals surface area contributed by atoms with Crippen LogP contribution in [0.2, 0.25) is 0 Å². The van der Waals surface area contributed by atoms with E-state index in [1.807, 2.05) is 6.92 Å². The zero-order valence-corrected chi connectivity index (χ0v) is 16.1. The number of amides is 1. The third-order valence-electron chi connectivity index (χ3n) is 3.16. The molecule has 0 aromatic heterocycles. The molecule has 0 heterocycles. The van der Waals surface area contributed by atoms with Gasteiger partial charge in [0.05, 0.1) is 12.2 Å². The molecule has 0 fully saturated rings. The summed E-state index contributed by atoms with van der Waals surface area (Å²) in [6.45, 7) is 4.67. The highest BCUT2D eigenvalue weighted by molar-refractivity contribution is 5.95. The lowest BCUT2D eigenvalue weighted by molar-refractivity contribution is -0.134. The molecule has 3 N–H and O–H groups in total. The Kier molecular flexibility index (Phi) is 8.84. The fraction of sp³-hybridized carbons (Fsp3) is 0.200. The first-order chi connectivity index (χ1) is 13.7. The minimum absolute atomic E-state index is 0.104. The minimum Gasteiger partial charge on any atom is -0.493 e. The highest BCUT2D eigenvalue weighted by Crippen LogP contribution is 2.31. The summed E-state index contributed by atoms with van der Waals surface area (Å²) in [5, 5.41) is 8.91. The van der Waals surface area contributed by atoms with Gasteiger partial charge in [-0.2, -0.15) is 0 Å². The van der Waals surface area contributed by atoms with E-state index in [9.17, 15) is 19.2 Å². The van der Waals surface area contributed by atoms with Crippen molar-refractivity contribution in [3.05, 3.63) is 53.6 Å². The summed E-state index contributed by atoms with van der Waals surface area (Å²) in [5.74, 6) is -2.91. The Hall–Kier alpha value is -3.88. The topological polar surface area (TPSA) is 142 Å². The molecule has 154 valence electrons. The summed E-state index contributed by atoms with van der Waals surface area (Å²) in [7, 11) is 0. The fourth-order valence-electron chi connectivity index (χ4n) is 2.12. The van der Waals surface area contributed by atoms with Crippen molar-refractivity contribution in [2.24, 2.45) is 5.73 Å². The molecule has 2 rings (SSSR count). The summed E-state index contributed by atoms with van der Waals surface area (Å²) >= 11 is 0. The van der Waals surface area contributed by atoms with Gasteiger partial charge >= 0.3 is 17.9 Å². The molecule has 0 spiro atoms. The minimum atomic E-state index is -1.28. The number of carbonyl (C=O) groups is 4. The van der Waals surface area contributed by atoms with E-state index in [-0.39, 0.29) is 17.1 Å². The van der Waals surface area contributed by atoms with Crippen molar-refractivity contribution in [3.8, 4) is 17.2 Å². The molecule has 0 aliphatic heterocycles. The average Bonchev–Trinajstić information content (AvgIpc) is 2.63. The van der Waals surface area contributed by atoms with E-state index in [2.05, 4.69) is 0 Å². The van der Waals surface area contributed by atoms with Crippen LogP contribution in [-0.4, -0.2) is 35.5 Å². The monoisotopic (exact) mass is 403 g/mol. The maximum atomic E-state index is 10.9. The number of esters is 2. The second kappa shape index (κ2) is 11.1. The standard InChI is InChI=1S/C11H10O6.C9H11NO2/c1-6(12)16-9-5-3-4-8(11(14)15)10(9)17-7(2)13;1-2-12-8-6-4-3-5-7(8)9(10)11/h3-5H,1-2H3,(H,14,15);3-6H,2H2,1H3,(H2,10,11). The summed E-state index contributed by atoms with van der Waals surface area (Å²) in [6.07, 6.45) is 0. The van der Waals surface area contributed by atoms with Crippen LogP contribution >= 0.6 is 0 Å². The molecule has 0 radical (unpaired) electrons. The van der Waals surface area contributed by atoms with Gasteiger partial charge in [-0.15, -0.1) is 0 Å². The number of hydrogen-bond acceptors (Lipinski definition) is 7. The molecule has 0 saturated carbocycles. The van der Waals surface area contributed by atoms with Crippen molar-refractivity contribution in [2.75, 3.05) is 6.61 Å². The third-order valence-corrected chi connectivity index (χ3v) is 3.16. The molecule has 0 aliphatic rings. The van der Waals surface area contributed by atoms with Gasteiger partial charge < -0.3 is 25.1 Å². The smallest absolute Gasteiger partial charge is 0.339 e. The summed E-state index contributed by atoms with van der Waals surface area (Å²) in [6, 6.07) is 10.9. The van der Waals surface area contributed by atoms with Crippen molar-refractivity contribution < 1.29 is 38.5 Å². The summed E-state index contributed by atoms with van der Waals surface area (Å²) < 4.78 is 14.7. The van der Waals surface area contributed by atoms with Crippen LogP contribution in [0.25, 0.3) is 0 Å². The summed E-state index contributed by atoms with van der Waals surface area (Å²) in [4.78, 5) is 43.4. The number of carbonyl (C=O) groups excluding carboxylic acids is 3. The molecule has 0 saturated heterocycles. The van der Waals surface area contributed by atoms with Gasteiger partial charge in [-0.05, 0) is 31.2 Å². The zero-order valence-electron chi connectivity index (χ0n) is 16.1. The van der Waals surface area contributed by atoms with Crippen LogP contribution in [0.5, 0.6) is 17.2 Å². The zero-order chi connectivity index (χ0) is 22.0. The van der Waals surface area contributed by atoms with E-state index in [1.54, 1.807) is 24.3 Å². The molecule has 2 aromatic carbocycles. The van der Waals surface area contributed by atoms with E-state index >= 15 is 0 Å². The van der Waals surface area contributed by atoms with Gasteiger partial charge in [0.25, 0.3) is 5.91 Å². The lowest BCUT2D eigenvalue weighted by Crippen LogP contribution is -2.12. The third kappa shape index (κ3) is 7.33. The Balaban J connectivity index is 0.000000308. The van der Waals surface area contributed by atoms with Crippen LogP contribution in [0.15, 0.2) is 42.5 Å². The molecule has 0 atom stereocenters. The van der Waals surface area contributed by atoms with Crippen LogP contribution in [-0.2, 0) is 9.59 Å². The van der Waals surface area contributed by atoms with Gasteiger partial charge in [0.15, 0.2) is 11.5 Å². The second-order valence-electron chi connectivity index (χ2n) is 5.42. The van der Waals surface area contributed by atoms with Crippen LogP contribution < -0.4 is 19.9 Å². The predicted octanol–water partition coefficient (Wildman–Crippen LogP) is 2.42. The molecule has 0 unspecified atom stereocenters. The van der Waals surface area contributed by atoms with Gasteiger partial charge in [-0.1, -0.05) is 18.2 Å². The molecule has 0 bridgehead atoms. The number of carboxylic acids is 1. The first-order valence-electron chi connectivity index (χ1n) is 8.42. The van der Waals surface area contributed by atoms with Crippen molar-refractivity contribution in [3.63, 3.8) is 0 Å². The average molecular weight is 403 g/mol. The highest BCUT2D eigenvalue weighted by atomic mass is 16.6. The van der Waals surface area contributed by atoms with Gasteiger partial charge in [0.1, 0.15) is 11.3 Å². The lowest BCUT2D eigenvalue weighted by Gasteiger charge is -2.10. The molecule has 9 nitrogen and oxygen atoms in total. The highest BCUT2D eigenvalue weighted by Gasteiger charge is 2.19. The van der Waals surface area contributed by atoms with Crippen molar-refractivity contribution in [1.82, 2.24) is 0 Å². The van der Waals surface area contributed by atoms with Gasteiger partial charge in [0.2, 0.25) is 0 Å². The first-order valence-corrected chi connectivity index (χ1v) is 8.42. The number of carboxylic acid groups (broad SMARTS) is 1. The van der Waals surface area contributed by atoms with Crippen LogP contribution in [0.3, 0.4) is 0 Å². The van der Waals surface area contributed by atoms with Crippen molar-refractivity contribution in [2.45, 2.75) is 20.8 Å². The van der Waals surface area contributed by atoms with Gasteiger partial charge in [-0.3, -0.25) is 14.4 Å². The number of ether oxygens (including phenoxy) is 3. The van der Waals surface area contributed by atoms with E-state index in [1.165, 1.54) is 18.2 Å². The molecular formula is C20H21NO8. The van der Waals surface area contributed by atoms with Crippen molar-refractivity contribution >= 4 is 23.8 Å². The molecular weight excluding hydrogens is 382 g/mol. The number of nitrogens with two attached hydrogens (primary N) is 1. The predicted molar refractivity (Wildman–Crippen MR) is 102 cm³/mol. The van der Waals surface area contributed by atoms with Gasteiger partial charge in [0, 0.05) is 13.8 Å². The van der Waals surface area contributed by atoms with Crippen LogP contribution in [0, 0.1) is 0 Å². The Morgan fingerprint density at radius 1 is 0.862 bits per heavy atom. The molecule has 9 heteroatoms. The SMILES string of the molecule is CC(=O)Oc1cccc(C(=O)O)c1OC(C)=O.CCOc1ccccc1C(N)=O. The quantitative estimate of drug-likeness (QED) is 0.553. The number of aromatic carboxylic acids is 1. The number of benzene rings is 2. The normalized spacial score (nSPS) is 9.48. The van der Waals surface area contributed by atoms with E-state index in [4.69, 9.17) is 25.1 Å². The maximum Gasteiger partial charge on any atom is 0.339 e. The molecule has 1 amide bonds. The Morgan fingerprint density at radius 2 is 1.41 bits per heavy atom. The van der Waals surface area contributed by atoms with E-state index in [0.29, 0.717) is 17.9 Å². The van der Waals surface area contributed by atoms with Crippen LogP contribution in [0.1, 0.15) is 41.5 Å². The maximum absolute atomic E-state index is 10.9. The second-order valence-corrected chi connectivity index (χ2v) is 5.42. The van der Waals surface area contributed by atoms with E-state index in [0.717, 1.165) is 13.8 Å². The van der Waals surface area contributed by atoms with Gasteiger partial charge in [-0.25, -0.2) is 4.79 Å². The first kappa shape index (κ1) is 23.2. The largest absolute Gasteiger partial charge is 0.493 e. The molecule has 0 aliphatic carbocycles. The lowest BCUT2D eigenvalue weighted by atomic mass is 10.2. The summed E-state index contributed by atoms with van der Waals surface area (Å²) in [5.41, 5.74) is 5.30. The molecule has 29 heavy (non-hydrogen) atoms. The number of hydrogen-bond donors (Lipinski definition) is 2. The Labute approximate surface area is 167 Å². The Bertz CT molecular complexity index is 907. The number of primary amides is 1. The van der Waals surface area contributed by atoms with E-state index < -0.39 is 23.8 Å².